The molecular weight excluding hydrogens is 298 g/mol. The largest absolute Gasteiger partial charge is 0.496 e. The van der Waals surface area contributed by atoms with Crippen LogP contribution in [0.5, 0.6) is 5.75 Å². The minimum absolute atomic E-state index is 0.0738. The number of primary sulfonamides is 1. The summed E-state index contributed by atoms with van der Waals surface area (Å²) in [6.45, 7) is 0.961. The van der Waals surface area contributed by atoms with Crippen LogP contribution in [-0.2, 0) is 30.7 Å². The summed E-state index contributed by atoms with van der Waals surface area (Å²) in [6, 6.07) is 4.11. The third-order valence-electron chi connectivity index (χ3n) is 3.10. The molecule has 2 N–H and O–H groups in total. The number of hydrogen-bond donors (Lipinski definition) is 1. The van der Waals surface area contributed by atoms with Gasteiger partial charge in [-0.05, 0) is 18.2 Å². The average Bonchev–Trinajstić information content (AvgIpc) is 2.90. The second-order valence-corrected chi connectivity index (χ2v) is 6.23. The fourth-order valence-electron chi connectivity index (χ4n) is 2.06. The molecule has 8 heteroatoms. The van der Waals surface area contributed by atoms with Gasteiger partial charge >= 0.3 is 5.97 Å². The Hall–Kier alpha value is -1.64. The molecule has 1 aliphatic heterocycles. The SMILES string of the molecule is COc1ccc(S(N)(=O)=O)cc1CC(=O)OC1CCOC1. The van der Waals surface area contributed by atoms with Crippen molar-refractivity contribution in [3.63, 3.8) is 0 Å². The van der Waals surface area contributed by atoms with Gasteiger partial charge in [0.25, 0.3) is 0 Å². The number of carbonyl (C=O) groups is 1. The van der Waals surface area contributed by atoms with Crippen molar-refractivity contribution in [1.29, 1.82) is 0 Å². The van der Waals surface area contributed by atoms with E-state index in [-0.39, 0.29) is 17.4 Å². The van der Waals surface area contributed by atoms with Crippen LogP contribution in [0.4, 0.5) is 0 Å². The molecule has 116 valence electrons. The van der Waals surface area contributed by atoms with Gasteiger partial charge in [0, 0.05) is 12.0 Å². The molecule has 21 heavy (non-hydrogen) atoms. The number of carbonyl (C=O) groups excluding carboxylic acids is 1. The average molecular weight is 315 g/mol. The van der Waals surface area contributed by atoms with Gasteiger partial charge < -0.3 is 14.2 Å². The summed E-state index contributed by atoms with van der Waals surface area (Å²) in [7, 11) is -2.40. The summed E-state index contributed by atoms with van der Waals surface area (Å²) in [5.74, 6) is -0.0580. The Labute approximate surface area is 123 Å². The maximum atomic E-state index is 11.9. The van der Waals surface area contributed by atoms with E-state index in [0.29, 0.717) is 30.9 Å². The Kier molecular flexibility index (Phi) is 4.81. The van der Waals surface area contributed by atoms with Crippen LogP contribution in [-0.4, -0.2) is 40.8 Å². The van der Waals surface area contributed by atoms with Crippen molar-refractivity contribution in [3.8, 4) is 5.75 Å². The molecular formula is C13H17NO6S. The van der Waals surface area contributed by atoms with Crippen molar-refractivity contribution in [3.05, 3.63) is 23.8 Å². The minimum Gasteiger partial charge on any atom is -0.496 e. The van der Waals surface area contributed by atoms with Crippen LogP contribution >= 0.6 is 0 Å². The standard InChI is InChI=1S/C13H17NO6S/c1-18-12-3-2-11(21(14,16)17)6-9(12)7-13(15)20-10-4-5-19-8-10/h2-3,6,10H,4-5,7-8H2,1H3,(H2,14,16,17). The van der Waals surface area contributed by atoms with E-state index < -0.39 is 16.0 Å². The highest BCUT2D eigenvalue weighted by molar-refractivity contribution is 7.89. The molecule has 0 aromatic heterocycles. The molecule has 1 fully saturated rings. The van der Waals surface area contributed by atoms with Crippen molar-refractivity contribution in [2.24, 2.45) is 5.14 Å². The molecule has 0 amide bonds. The highest BCUT2D eigenvalue weighted by Gasteiger charge is 2.21. The van der Waals surface area contributed by atoms with Crippen LogP contribution in [0.2, 0.25) is 0 Å². The Morgan fingerprint density at radius 2 is 2.24 bits per heavy atom. The normalized spacial score (nSPS) is 18.5. The number of esters is 1. The van der Waals surface area contributed by atoms with E-state index in [4.69, 9.17) is 19.3 Å². The van der Waals surface area contributed by atoms with Crippen LogP contribution in [0, 0.1) is 0 Å². The van der Waals surface area contributed by atoms with Gasteiger partial charge in [0.1, 0.15) is 11.9 Å². The van der Waals surface area contributed by atoms with Gasteiger partial charge in [0.05, 0.1) is 31.6 Å². The summed E-state index contributed by atoms with van der Waals surface area (Å²) < 4.78 is 38.2. The number of sulfonamides is 1. The molecule has 0 bridgehead atoms. The van der Waals surface area contributed by atoms with E-state index in [0.717, 1.165) is 0 Å². The lowest BCUT2D eigenvalue weighted by Gasteiger charge is -2.12. The van der Waals surface area contributed by atoms with Crippen LogP contribution in [0.15, 0.2) is 23.1 Å². The Morgan fingerprint density at radius 1 is 1.48 bits per heavy atom. The lowest BCUT2D eigenvalue weighted by atomic mass is 10.1. The lowest BCUT2D eigenvalue weighted by Crippen LogP contribution is -2.20. The van der Waals surface area contributed by atoms with E-state index >= 15 is 0 Å². The molecule has 1 aliphatic rings. The quantitative estimate of drug-likeness (QED) is 0.779. The molecule has 7 nitrogen and oxygen atoms in total. The zero-order valence-electron chi connectivity index (χ0n) is 11.6. The van der Waals surface area contributed by atoms with Gasteiger partial charge in [-0.25, -0.2) is 13.6 Å². The van der Waals surface area contributed by atoms with Crippen LogP contribution < -0.4 is 9.88 Å². The van der Waals surface area contributed by atoms with Crippen molar-refractivity contribution in [2.45, 2.75) is 23.8 Å². The minimum atomic E-state index is -3.84. The van der Waals surface area contributed by atoms with Crippen molar-refractivity contribution >= 4 is 16.0 Å². The van der Waals surface area contributed by atoms with E-state index in [1.165, 1.54) is 25.3 Å². The zero-order valence-corrected chi connectivity index (χ0v) is 12.4. The number of rotatable bonds is 5. The number of hydrogen-bond acceptors (Lipinski definition) is 6. The molecule has 1 aromatic carbocycles. The molecule has 1 saturated heterocycles. The summed E-state index contributed by atoms with van der Waals surface area (Å²) in [5.41, 5.74) is 0.410. The zero-order chi connectivity index (χ0) is 15.5. The summed E-state index contributed by atoms with van der Waals surface area (Å²) in [4.78, 5) is 11.8. The molecule has 1 atom stereocenters. The first-order valence-corrected chi connectivity index (χ1v) is 7.91. The first-order valence-electron chi connectivity index (χ1n) is 6.37. The Bertz CT molecular complexity index is 622. The molecule has 0 spiro atoms. The van der Waals surface area contributed by atoms with Crippen LogP contribution in [0.25, 0.3) is 0 Å². The van der Waals surface area contributed by atoms with Gasteiger partial charge in [-0.3, -0.25) is 4.79 Å². The number of methoxy groups -OCH3 is 1. The number of benzene rings is 1. The van der Waals surface area contributed by atoms with Crippen LogP contribution in [0.3, 0.4) is 0 Å². The first-order chi connectivity index (χ1) is 9.90. The highest BCUT2D eigenvalue weighted by Crippen LogP contribution is 2.23. The van der Waals surface area contributed by atoms with Crippen LogP contribution in [0.1, 0.15) is 12.0 Å². The van der Waals surface area contributed by atoms with Crippen molar-refractivity contribution in [2.75, 3.05) is 20.3 Å². The number of ether oxygens (including phenoxy) is 3. The number of nitrogens with two attached hydrogens (primary N) is 1. The summed E-state index contributed by atoms with van der Waals surface area (Å²) in [5, 5.41) is 5.08. The fourth-order valence-corrected chi connectivity index (χ4v) is 2.62. The van der Waals surface area contributed by atoms with E-state index in [1.54, 1.807) is 0 Å². The van der Waals surface area contributed by atoms with Gasteiger partial charge in [0.15, 0.2) is 0 Å². The first kappa shape index (κ1) is 15.7. The smallest absolute Gasteiger partial charge is 0.310 e. The third-order valence-corrected chi connectivity index (χ3v) is 4.01. The van der Waals surface area contributed by atoms with Gasteiger partial charge in [-0.2, -0.15) is 0 Å². The molecule has 0 aliphatic carbocycles. The van der Waals surface area contributed by atoms with E-state index in [2.05, 4.69) is 0 Å². The van der Waals surface area contributed by atoms with Crippen molar-refractivity contribution in [1.82, 2.24) is 0 Å². The predicted octanol–water partition coefficient (Wildman–Crippen LogP) is 0.217. The fraction of sp³-hybridized carbons (Fsp3) is 0.462. The van der Waals surface area contributed by atoms with Gasteiger partial charge in [-0.15, -0.1) is 0 Å². The predicted molar refractivity (Wildman–Crippen MR) is 73.4 cm³/mol. The molecule has 1 aromatic rings. The molecule has 1 heterocycles. The molecule has 1 unspecified atom stereocenters. The highest BCUT2D eigenvalue weighted by atomic mass is 32.2. The maximum absolute atomic E-state index is 11.9. The third kappa shape index (κ3) is 4.16. The van der Waals surface area contributed by atoms with Crippen molar-refractivity contribution < 1.29 is 27.4 Å². The second-order valence-electron chi connectivity index (χ2n) is 4.67. The van der Waals surface area contributed by atoms with E-state index in [9.17, 15) is 13.2 Å². The van der Waals surface area contributed by atoms with Gasteiger partial charge in [-0.1, -0.05) is 0 Å². The monoisotopic (exact) mass is 315 g/mol. The Morgan fingerprint density at radius 3 is 2.81 bits per heavy atom. The Balaban J connectivity index is 2.15. The van der Waals surface area contributed by atoms with E-state index in [1.807, 2.05) is 0 Å². The summed E-state index contributed by atoms with van der Waals surface area (Å²) >= 11 is 0. The van der Waals surface area contributed by atoms with Gasteiger partial charge in [0.2, 0.25) is 10.0 Å². The molecule has 0 saturated carbocycles. The lowest BCUT2D eigenvalue weighted by molar-refractivity contribution is -0.148. The molecule has 2 rings (SSSR count). The molecule has 0 radical (unpaired) electrons. The topological polar surface area (TPSA) is 105 Å². The maximum Gasteiger partial charge on any atom is 0.310 e. The second kappa shape index (κ2) is 6.42. The summed E-state index contributed by atoms with van der Waals surface area (Å²) in [6.07, 6.45) is 0.327.